The third-order valence-electron chi connectivity index (χ3n) is 4.83. The Labute approximate surface area is 201 Å². The summed E-state index contributed by atoms with van der Waals surface area (Å²) in [5.74, 6) is 0.789. The molecule has 1 aliphatic rings. The van der Waals surface area contributed by atoms with Gasteiger partial charge in [-0.1, -0.05) is 18.2 Å². The van der Waals surface area contributed by atoms with E-state index in [0.29, 0.717) is 31.7 Å². The Morgan fingerprint density at radius 1 is 1.13 bits per heavy atom. The number of benzene rings is 1. The summed E-state index contributed by atoms with van der Waals surface area (Å²) >= 11 is 0. The lowest BCUT2D eigenvalue weighted by molar-refractivity contribution is -0.0586. The predicted octanol–water partition coefficient (Wildman–Crippen LogP) is 3.20. The van der Waals surface area contributed by atoms with E-state index in [1.165, 1.54) is 0 Å². The maximum Gasteiger partial charge on any atom is 0.254 e. The molecule has 1 aromatic heterocycles. The number of amides is 1. The highest BCUT2D eigenvalue weighted by Gasteiger charge is 2.26. The topological polar surface area (TPSA) is 78.9 Å². The van der Waals surface area contributed by atoms with Crippen molar-refractivity contribution in [2.24, 2.45) is 4.99 Å². The summed E-state index contributed by atoms with van der Waals surface area (Å²) in [7, 11) is 0. The summed E-state index contributed by atoms with van der Waals surface area (Å²) in [6.07, 6.45) is 1.91. The summed E-state index contributed by atoms with van der Waals surface area (Å²) in [5, 5.41) is 6.53. The minimum atomic E-state index is 0. The maximum atomic E-state index is 12.8. The lowest BCUT2D eigenvalue weighted by Gasteiger charge is -2.35. The van der Waals surface area contributed by atoms with Crippen LogP contribution in [-0.4, -0.2) is 53.6 Å². The van der Waals surface area contributed by atoms with Crippen LogP contribution >= 0.6 is 24.0 Å². The summed E-state index contributed by atoms with van der Waals surface area (Å²) in [6.45, 7) is 9.20. The minimum Gasteiger partial charge on any atom is -0.372 e. The number of aromatic nitrogens is 1. The SMILES string of the molecule is CCNC(=NCc1ccc(C(=O)N2CC(C)OC(C)C2)cc1)NCc1ccccn1.I. The fraction of sp³-hybridized carbons (Fsp3) is 0.435. The van der Waals surface area contributed by atoms with Gasteiger partial charge in [-0.15, -0.1) is 24.0 Å². The Morgan fingerprint density at radius 3 is 2.45 bits per heavy atom. The van der Waals surface area contributed by atoms with Crippen LogP contribution in [0.25, 0.3) is 0 Å². The number of guanidine groups is 1. The Balaban J connectivity index is 0.00000341. The van der Waals surface area contributed by atoms with Gasteiger partial charge in [0, 0.05) is 31.4 Å². The molecule has 1 aliphatic heterocycles. The van der Waals surface area contributed by atoms with Crippen LogP contribution in [0.1, 0.15) is 42.4 Å². The number of hydrogen-bond acceptors (Lipinski definition) is 4. The van der Waals surface area contributed by atoms with E-state index in [-0.39, 0.29) is 42.1 Å². The summed E-state index contributed by atoms with van der Waals surface area (Å²) < 4.78 is 5.72. The third-order valence-corrected chi connectivity index (χ3v) is 4.83. The molecule has 2 N–H and O–H groups in total. The first-order valence-corrected chi connectivity index (χ1v) is 10.5. The number of hydrogen-bond donors (Lipinski definition) is 2. The minimum absolute atomic E-state index is 0. The van der Waals surface area contributed by atoms with Crippen LogP contribution in [0.4, 0.5) is 0 Å². The molecule has 8 heteroatoms. The molecule has 2 heterocycles. The standard InChI is InChI=1S/C23H31N5O2.HI/c1-4-24-23(27-14-21-7-5-6-12-25-21)26-13-19-8-10-20(11-9-19)22(29)28-15-17(2)30-18(3)16-28;/h5-12,17-18H,4,13-16H2,1-3H3,(H2,24,26,27);1H. The highest BCUT2D eigenvalue weighted by atomic mass is 127. The van der Waals surface area contributed by atoms with Crippen molar-refractivity contribution in [2.75, 3.05) is 19.6 Å². The van der Waals surface area contributed by atoms with Crippen LogP contribution in [0, 0.1) is 0 Å². The second kappa shape index (κ2) is 12.6. The largest absolute Gasteiger partial charge is 0.372 e. The van der Waals surface area contributed by atoms with Crippen molar-refractivity contribution in [3.8, 4) is 0 Å². The van der Waals surface area contributed by atoms with Gasteiger partial charge in [0.1, 0.15) is 0 Å². The highest BCUT2D eigenvalue weighted by Crippen LogP contribution is 2.15. The molecule has 0 bridgehead atoms. The Hall–Kier alpha value is -2.20. The van der Waals surface area contributed by atoms with Crippen LogP contribution in [0.15, 0.2) is 53.7 Å². The third kappa shape index (κ3) is 7.77. The molecule has 2 unspecified atom stereocenters. The number of nitrogens with one attached hydrogen (secondary N) is 2. The molecule has 0 saturated carbocycles. The van der Waals surface area contributed by atoms with Gasteiger partial charge in [0.2, 0.25) is 0 Å². The number of aliphatic imine (C=N–C) groups is 1. The monoisotopic (exact) mass is 537 g/mol. The Bertz CT molecular complexity index is 835. The van der Waals surface area contributed by atoms with Crippen LogP contribution < -0.4 is 10.6 Å². The van der Waals surface area contributed by atoms with Crippen molar-refractivity contribution >= 4 is 35.8 Å². The molecule has 0 aliphatic carbocycles. The van der Waals surface area contributed by atoms with Crippen molar-refractivity contribution < 1.29 is 9.53 Å². The molecule has 2 aromatic rings. The van der Waals surface area contributed by atoms with Crippen molar-refractivity contribution in [3.63, 3.8) is 0 Å². The molecule has 1 fully saturated rings. The number of rotatable bonds is 6. The molecule has 31 heavy (non-hydrogen) atoms. The molecule has 1 saturated heterocycles. The zero-order valence-corrected chi connectivity index (χ0v) is 20.7. The first kappa shape index (κ1) is 25.1. The molecule has 0 spiro atoms. The number of nitrogens with zero attached hydrogens (tertiary/aromatic N) is 3. The van der Waals surface area contributed by atoms with Gasteiger partial charge in [-0.05, 0) is 50.6 Å². The Morgan fingerprint density at radius 2 is 1.84 bits per heavy atom. The van der Waals surface area contributed by atoms with Gasteiger partial charge in [-0.25, -0.2) is 4.99 Å². The molecule has 7 nitrogen and oxygen atoms in total. The quantitative estimate of drug-likeness (QED) is 0.336. The van der Waals surface area contributed by atoms with Crippen LogP contribution in [0.2, 0.25) is 0 Å². The second-order valence-corrected chi connectivity index (χ2v) is 7.53. The van der Waals surface area contributed by atoms with E-state index >= 15 is 0 Å². The van der Waals surface area contributed by atoms with Crippen molar-refractivity contribution in [1.29, 1.82) is 0 Å². The number of morpholine rings is 1. The molecular formula is C23H32IN5O2. The fourth-order valence-corrected chi connectivity index (χ4v) is 3.47. The van der Waals surface area contributed by atoms with Gasteiger partial charge in [0.25, 0.3) is 5.91 Å². The molecule has 168 valence electrons. The second-order valence-electron chi connectivity index (χ2n) is 7.53. The van der Waals surface area contributed by atoms with E-state index in [0.717, 1.165) is 23.8 Å². The van der Waals surface area contributed by atoms with Crippen molar-refractivity contribution in [3.05, 3.63) is 65.5 Å². The highest BCUT2D eigenvalue weighted by molar-refractivity contribution is 14.0. The maximum absolute atomic E-state index is 12.8. The van der Waals surface area contributed by atoms with Crippen molar-refractivity contribution in [2.45, 2.75) is 46.1 Å². The number of pyridine rings is 1. The average molecular weight is 537 g/mol. The fourth-order valence-electron chi connectivity index (χ4n) is 3.47. The van der Waals surface area contributed by atoms with Gasteiger partial charge < -0.3 is 20.3 Å². The lowest BCUT2D eigenvalue weighted by atomic mass is 10.1. The van der Waals surface area contributed by atoms with E-state index in [2.05, 4.69) is 20.6 Å². The first-order chi connectivity index (χ1) is 14.5. The molecule has 3 rings (SSSR count). The number of carbonyl (C=O) groups is 1. The van der Waals surface area contributed by atoms with Gasteiger partial charge in [0.15, 0.2) is 5.96 Å². The number of ether oxygens (including phenoxy) is 1. The smallest absolute Gasteiger partial charge is 0.254 e. The van der Waals surface area contributed by atoms with E-state index in [4.69, 9.17) is 4.74 Å². The lowest BCUT2D eigenvalue weighted by Crippen LogP contribution is -2.48. The van der Waals surface area contributed by atoms with Crippen LogP contribution in [-0.2, 0) is 17.8 Å². The zero-order valence-electron chi connectivity index (χ0n) is 18.4. The summed E-state index contributed by atoms with van der Waals surface area (Å²) in [5.41, 5.74) is 2.70. The van der Waals surface area contributed by atoms with E-state index in [1.807, 2.05) is 68.1 Å². The molecule has 0 radical (unpaired) electrons. The van der Waals surface area contributed by atoms with Gasteiger partial charge >= 0.3 is 0 Å². The van der Waals surface area contributed by atoms with Crippen molar-refractivity contribution in [1.82, 2.24) is 20.5 Å². The van der Waals surface area contributed by atoms with E-state index in [9.17, 15) is 4.79 Å². The van der Waals surface area contributed by atoms with E-state index < -0.39 is 0 Å². The molecular weight excluding hydrogens is 505 g/mol. The molecule has 1 aromatic carbocycles. The van der Waals surface area contributed by atoms with Gasteiger partial charge in [0.05, 0.1) is 31.0 Å². The zero-order chi connectivity index (χ0) is 21.3. The molecule has 1 amide bonds. The predicted molar refractivity (Wildman–Crippen MR) is 134 cm³/mol. The van der Waals surface area contributed by atoms with Gasteiger partial charge in [-0.3, -0.25) is 9.78 Å². The Kier molecular flexibility index (Phi) is 10.2. The molecule has 2 atom stereocenters. The first-order valence-electron chi connectivity index (χ1n) is 10.5. The normalized spacial score (nSPS) is 18.8. The van der Waals surface area contributed by atoms with Gasteiger partial charge in [-0.2, -0.15) is 0 Å². The summed E-state index contributed by atoms with van der Waals surface area (Å²) in [4.78, 5) is 23.6. The van der Waals surface area contributed by atoms with Crippen LogP contribution in [0.3, 0.4) is 0 Å². The van der Waals surface area contributed by atoms with E-state index in [1.54, 1.807) is 6.20 Å². The average Bonchev–Trinajstić information content (AvgIpc) is 2.75. The number of halogens is 1. The summed E-state index contributed by atoms with van der Waals surface area (Å²) in [6, 6.07) is 13.5. The number of carbonyl (C=O) groups excluding carboxylic acids is 1. The van der Waals surface area contributed by atoms with Crippen LogP contribution in [0.5, 0.6) is 0 Å².